The molecule has 0 radical (unpaired) electrons. The Kier molecular flexibility index (Phi) is 7.58. The molecule has 37 heavy (non-hydrogen) atoms. The average molecular weight is 523 g/mol. The van der Waals surface area contributed by atoms with E-state index in [1.807, 2.05) is 18.2 Å². The normalized spacial score (nSPS) is 14.5. The lowest BCUT2D eigenvalue weighted by Gasteiger charge is -2.29. The molecule has 1 N–H and O–H groups in total. The summed E-state index contributed by atoms with van der Waals surface area (Å²) in [5.41, 5.74) is 2.18. The van der Waals surface area contributed by atoms with E-state index in [2.05, 4.69) is 27.2 Å². The fourth-order valence-corrected chi connectivity index (χ4v) is 4.55. The van der Waals surface area contributed by atoms with E-state index in [-0.39, 0.29) is 18.5 Å². The number of rotatable bonds is 8. The average Bonchev–Trinajstić information content (AvgIpc) is 2.89. The Morgan fingerprint density at radius 3 is 2.62 bits per heavy atom. The maximum Gasteiger partial charge on any atom is 0.162 e. The van der Waals surface area contributed by atoms with Gasteiger partial charge in [0.05, 0.1) is 17.6 Å². The number of fused-ring (bicyclic) bond motifs is 1. The molecule has 0 spiro atoms. The van der Waals surface area contributed by atoms with Gasteiger partial charge in [0, 0.05) is 30.2 Å². The second-order valence-electron chi connectivity index (χ2n) is 9.05. The zero-order valence-electron chi connectivity index (χ0n) is 20.7. The maximum atomic E-state index is 13.4. The van der Waals surface area contributed by atoms with E-state index in [9.17, 15) is 4.39 Å². The molecular formula is C28H28ClFN4O3. The van der Waals surface area contributed by atoms with Gasteiger partial charge in [-0.3, -0.25) is 0 Å². The van der Waals surface area contributed by atoms with Crippen LogP contribution in [0.2, 0.25) is 5.02 Å². The number of hydrogen-bond donors (Lipinski definition) is 1. The van der Waals surface area contributed by atoms with Gasteiger partial charge in [-0.1, -0.05) is 23.7 Å². The smallest absolute Gasteiger partial charge is 0.162 e. The molecular weight excluding hydrogens is 495 g/mol. The molecule has 0 unspecified atom stereocenters. The van der Waals surface area contributed by atoms with E-state index < -0.39 is 0 Å². The summed E-state index contributed by atoms with van der Waals surface area (Å²) >= 11 is 6.48. The highest BCUT2D eigenvalue weighted by Crippen LogP contribution is 2.37. The number of hydrogen-bond acceptors (Lipinski definition) is 7. The molecule has 0 saturated carbocycles. The van der Waals surface area contributed by atoms with Gasteiger partial charge in [-0.2, -0.15) is 0 Å². The number of halogens is 2. The Labute approximate surface area is 220 Å². The van der Waals surface area contributed by atoms with Crippen LogP contribution in [-0.2, 0) is 6.61 Å². The molecule has 9 heteroatoms. The Morgan fingerprint density at radius 1 is 1.03 bits per heavy atom. The summed E-state index contributed by atoms with van der Waals surface area (Å²) in [7, 11) is 3.75. The van der Waals surface area contributed by atoms with E-state index in [1.165, 1.54) is 18.5 Å². The van der Waals surface area contributed by atoms with Crippen LogP contribution in [0.3, 0.4) is 0 Å². The van der Waals surface area contributed by atoms with Crippen molar-refractivity contribution in [2.45, 2.75) is 25.6 Å². The first-order valence-corrected chi connectivity index (χ1v) is 12.5. The van der Waals surface area contributed by atoms with Crippen LogP contribution >= 0.6 is 11.6 Å². The predicted molar refractivity (Wildman–Crippen MR) is 143 cm³/mol. The molecule has 1 aromatic heterocycles. The number of piperidine rings is 1. The van der Waals surface area contributed by atoms with Crippen LogP contribution < -0.4 is 19.5 Å². The fraction of sp³-hybridized carbons (Fsp3) is 0.286. The van der Waals surface area contributed by atoms with Crippen molar-refractivity contribution in [1.82, 2.24) is 14.9 Å². The summed E-state index contributed by atoms with van der Waals surface area (Å²) in [4.78, 5) is 11.2. The van der Waals surface area contributed by atoms with Crippen LogP contribution in [0.4, 0.5) is 15.9 Å². The third kappa shape index (κ3) is 6.03. The molecule has 2 heterocycles. The molecule has 192 valence electrons. The van der Waals surface area contributed by atoms with Crippen molar-refractivity contribution >= 4 is 34.0 Å². The van der Waals surface area contributed by atoms with Gasteiger partial charge in [-0.25, -0.2) is 14.4 Å². The molecule has 7 nitrogen and oxygen atoms in total. The molecule has 0 atom stereocenters. The molecule has 1 aliphatic heterocycles. The number of ether oxygens (including phenoxy) is 3. The van der Waals surface area contributed by atoms with Crippen molar-refractivity contribution in [3.05, 3.63) is 77.3 Å². The number of benzene rings is 3. The fourth-order valence-electron chi connectivity index (χ4n) is 4.32. The van der Waals surface area contributed by atoms with Gasteiger partial charge in [-0.15, -0.1) is 0 Å². The molecule has 1 aliphatic rings. The van der Waals surface area contributed by atoms with E-state index >= 15 is 0 Å². The highest BCUT2D eigenvalue weighted by molar-refractivity contribution is 6.32. The minimum atomic E-state index is -0.304. The minimum absolute atomic E-state index is 0.127. The second kappa shape index (κ2) is 11.2. The second-order valence-corrected chi connectivity index (χ2v) is 9.46. The van der Waals surface area contributed by atoms with Gasteiger partial charge in [0.15, 0.2) is 11.5 Å². The quantitative estimate of drug-likeness (QED) is 0.294. The van der Waals surface area contributed by atoms with Gasteiger partial charge >= 0.3 is 0 Å². The summed E-state index contributed by atoms with van der Waals surface area (Å²) in [5.74, 6) is 2.12. The van der Waals surface area contributed by atoms with Crippen LogP contribution in [0.15, 0.2) is 60.9 Å². The Balaban J connectivity index is 1.35. The Hall–Kier alpha value is -3.62. The highest BCUT2D eigenvalue weighted by Gasteiger charge is 2.21. The molecule has 1 fully saturated rings. The van der Waals surface area contributed by atoms with Gasteiger partial charge in [-0.05, 0) is 61.9 Å². The van der Waals surface area contributed by atoms with E-state index in [1.54, 1.807) is 31.4 Å². The van der Waals surface area contributed by atoms with Crippen molar-refractivity contribution in [3.8, 4) is 17.2 Å². The number of nitrogens with one attached hydrogen (secondary N) is 1. The summed E-state index contributed by atoms with van der Waals surface area (Å²) < 4.78 is 31.2. The molecule has 0 bridgehead atoms. The van der Waals surface area contributed by atoms with Crippen molar-refractivity contribution in [2.75, 3.05) is 32.6 Å². The highest BCUT2D eigenvalue weighted by atomic mass is 35.5. The number of likely N-dealkylation sites (tertiary alicyclic amines) is 1. The zero-order chi connectivity index (χ0) is 25.8. The van der Waals surface area contributed by atoms with Gasteiger partial charge in [0.25, 0.3) is 0 Å². The number of nitrogens with zero attached hydrogens (tertiary/aromatic N) is 3. The standard InChI is InChI=1S/C28H28ClFN4O3/c1-34-10-8-21(9-11-34)37-27-14-22-24(15-26(27)35-2)31-17-32-28(22)33-20-6-7-25(23(29)13-20)36-16-18-4-3-5-19(30)12-18/h3-7,12-15,17,21H,8-11,16H2,1-2H3,(H,31,32,33). The number of aromatic nitrogens is 2. The first-order valence-electron chi connectivity index (χ1n) is 12.1. The van der Waals surface area contributed by atoms with Crippen LogP contribution in [0.5, 0.6) is 17.2 Å². The predicted octanol–water partition coefficient (Wildman–Crippen LogP) is 6.23. The number of methoxy groups -OCH3 is 1. The Bertz CT molecular complexity index is 1400. The summed E-state index contributed by atoms with van der Waals surface area (Å²) in [6.07, 6.45) is 3.54. The van der Waals surface area contributed by atoms with Crippen molar-refractivity contribution in [3.63, 3.8) is 0 Å². The van der Waals surface area contributed by atoms with Crippen LogP contribution in [-0.4, -0.2) is 48.2 Å². The molecule has 3 aromatic carbocycles. The van der Waals surface area contributed by atoms with Gasteiger partial charge in [0.1, 0.15) is 36.4 Å². The molecule has 5 rings (SSSR count). The lowest BCUT2D eigenvalue weighted by Crippen LogP contribution is -2.35. The van der Waals surface area contributed by atoms with Crippen LogP contribution in [0.25, 0.3) is 10.9 Å². The lowest BCUT2D eigenvalue weighted by molar-refractivity contribution is 0.111. The van der Waals surface area contributed by atoms with Crippen molar-refractivity contribution < 1.29 is 18.6 Å². The van der Waals surface area contributed by atoms with Gasteiger partial charge in [0.2, 0.25) is 0 Å². The third-order valence-electron chi connectivity index (χ3n) is 6.36. The van der Waals surface area contributed by atoms with E-state index in [0.717, 1.165) is 48.1 Å². The molecule has 1 saturated heterocycles. The molecule has 4 aromatic rings. The first kappa shape index (κ1) is 25.0. The van der Waals surface area contributed by atoms with Crippen LogP contribution in [0, 0.1) is 5.82 Å². The monoisotopic (exact) mass is 522 g/mol. The largest absolute Gasteiger partial charge is 0.493 e. The van der Waals surface area contributed by atoms with Crippen molar-refractivity contribution in [2.24, 2.45) is 0 Å². The molecule has 0 amide bonds. The maximum absolute atomic E-state index is 13.4. The lowest BCUT2D eigenvalue weighted by atomic mass is 10.1. The SMILES string of the molecule is COc1cc2ncnc(Nc3ccc(OCc4cccc(F)c4)c(Cl)c3)c2cc1OC1CCN(C)CC1. The van der Waals surface area contributed by atoms with Crippen LogP contribution in [0.1, 0.15) is 18.4 Å². The van der Waals surface area contributed by atoms with Gasteiger partial charge < -0.3 is 24.4 Å². The summed E-state index contributed by atoms with van der Waals surface area (Å²) in [6.45, 7) is 2.21. The third-order valence-corrected chi connectivity index (χ3v) is 6.65. The zero-order valence-corrected chi connectivity index (χ0v) is 21.5. The minimum Gasteiger partial charge on any atom is -0.493 e. The van der Waals surface area contributed by atoms with E-state index in [4.69, 9.17) is 25.8 Å². The topological polar surface area (TPSA) is 68.7 Å². The van der Waals surface area contributed by atoms with E-state index in [0.29, 0.717) is 28.1 Å². The summed E-state index contributed by atoms with van der Waals surface area (Å²) in [6, 6.07) is 15.4. The van der Waals surface area contributed by atoms with Crippen molar-refractivity contribution in [1.29, 1.82) is 0 Å². The Morgan fingerprint density at radius 2 is 1.86 bits per heavy atom. The number of anilines is 2. The first-order chi connectivity index (χ1) is 18.0. The summed E-state index contributed by atoms with van der Waals surface area (Å²) in [5, 5.41) is 4.55. The molecule has 0 aliphatic carbocycles.